The maximum Gasteiger partial charge on any atom is 0.273 e. The van der Waals surface area contributed by atoms with E-state index >= 15 is 0 Å². The van der Waals surface area contributed by atoms with Crippen molar-refractivity contribution in [3.8, 4) is 0 Å². The van der Waals surface area contributed by atoms with Crippen molar-refractivity contribution >= 4 is 34.0 Å². The van der Waals surface area contributed by atoms with Crippen molar-refractivity contribution in [2.45, 2.75) is 33.7 Å². The van der Waals surface area contributed by atoms with Crippen molar-refractivity contribution in [3.63, 3.8) is 0 Å². The number of benzene rings is 1. The third-order valence-electron chi connectivity index (χ3n) is 6.54. The van der Waals surface area contributed by atoms with E-state index in [9.17, 15) is 9.59 Å². The molecule has 0 saturated carbocycles. The van der Waals surface area contributed by atoms with E-state index in [-0.39, 0.29) is 17.9 Å². The van der Waals surface area contributed by atoms with Crippen LogP contribution in [0.4, 0.5) is 10.8 Å². The van der Waals surface area contributed by atoms with Crippen LogP contribution in [0.5, 0.6) is 0 Å². The van der Waals surface area contributed by atoms with Gasteiger partial charge in [0.15, 0.2) is 5.13 Å². The van der Waals surface area contributed by atoms with E-state index < -0.39 is 0 Å². The van der Waals surface area contributed by atoms with Gasteiger partial charge in [0.25, 0.3) is 5.91 Å². The van der Waals surface area contributed by atoms with Crippen molar-refractivity contribution in [3.05, 3.63) is 40.4 Å². The van der Waals surface area contributed by atoms with Crippen LogP contribution in [0.1, 0.15) is 35.5 Å². The summed E-state index contributed by atoms with van der Waals surface area (Å²) in [5.41, 5.74) is 4.39. The Bertz CT molecular complexity index is 986. The quantitative estimate of drug-likeness (QED) is 0.680. The number of carbonyl (C=O) groups is 2. The first kappa shape index (κ1) is 24.5. The second kappa shape index (κ2) is 10.7. The SMILES string of the molecule is Cc1cccc(C)c1N1CCN(C(=O)CN2CCN(C(=O)c3csc(NC(C)C)n3)CC2)CC1. The van der Waals surface area contributed by atoms with Crippen molar-refractivity contribution < 1.29 is 9.59 Å². The molecule has 3 heterocycles. The molecule has 2 fully saturated rings. The van der Waals surface area contributed by atoms with E-state index in [1.165, 1.54) is 28.2 Å². The van der Waals surface area contributed by atoms with Gasteiger partial charge >= 0.3 is 0 Å². The minimum atomic E-state index is -0.0262. The summed E-state index contributed by atoms with van der Waals surface area (Å²) in [6, 6.07) is 6.68. The van der Waals surface area contributed by atoms with E-state index in [2.05, 4.69) is 66.0 Å². The number of nitrogens with zero attached hydrogens (tertiary/aromatic N) is 5. The normalized spacial score (nSPS) is 17.4. The molecule has 34 heavy (non-hydrogen) atoms. The summed E-state index contributed by atoms with van der Waals surface area (Å²) in [5.74, 6) is 0.159. The average molecular weight is 485 g/mol. The third kappa shape index (κ3) is 5.70. The predicted octanol–water partition coefficient (Wildman–Crippen LogP) is 2.69. The van der Waals surface area contributed by atoms with Gasteiger partial charge in [0.2, 0.25) is 5.91 Å². The van der Waals surface area contributed by atoms with Crippen LogP contribution in [0.3, 0.4) is 0 Å². The van der Waals surface area contributed by atoms with Gasteiger partial charge in [-0.25, -0.2) is 4.98 Å². The number of para-hydroxylation sites is 1. The molecule has 0 spiro atoms. The van der Waals surface area contributed by atoms with Crippen LogP contribution in [0, 0.1) is 13.8 Å². The van der Waals surface area contributed by atoms with Gasteiger partial charge in [-0.1, -0.05) is 18.2 Å². The molecular weight excluding hydrogens is 448 g/mol. The van der Waals surface area contributed by atoms with Gasteiger partial charge in [-0.15, -0.1) is 11.3 Å². The number of carbonyl (C=O) groups excluding carboxylic acids is 2. The molecule has 0 atom stereocenters. The number of hydrogen-bond acceptors (Lipinski definition) is 7. The van der Waals surface area contributed by atoms with E-state index in [1.807, 2.05) is 15.2 Å². The van der Waals surface area contributed by atoms with Gasteiger partial charge in [0.05, 0.1) is 6.54 Å². The highest BCUT2D eigenvalue weighted by Crippen LogP contribution is 2.25. The molecule has 2 amide bonds. The fraction of sp³-hybridized carbons (Fsp3) is 0.560. The first-order chi connectivity index (χ1) is 16.3. The Balaban J connectivity index is 1.23. The Morgan fingerprint density at radius 2 is 1.59 bits per heavy atom. The van der Waals surface area contributed by atoms with E-state index in [1.54, 1.807) is 0 Å². The topological polar surface area (TPSA) is 72.0 Å². The highest BCUT2D eigenvalue weighted by atomic mass is 32.1. The molecule has 0 aliphatic carbocycles. The van der Waals surface area contributed by atoms with Crippen LogP contribution in [-0.4, -0.2) is 96.4 Å². The van der Waals surface area contributed by atoms with Gasteiger partial charge in [-0.05, 0) is 38.8 Å². The zero-order chi connectivity index (χ0) is 24.2. The average Bonchev–Trinajstić information content (AvgIpc) is 3.27. The Morgan fingerprint density at radius 1 is 0.971 bits per heavy atom. The number of amides is 2. The maximum absolute atomic E-state index is 12.9. The summed E-state index contributed by atoms with van der Waals surface area (Å²) in [4.78, 5) is 38.6. The van der Waals surface area contributed by atoms with E-state index in [0.29, 0.717) is 38.4 Å². The summed E-state index contributed by atoms with van der Waals surface area (Å²) >= 11 is 1.46. The fourth-order valence-corrected chi connectivity index (χ4v) is 5.56. The zero-order valence-electron chi connectivity index (χ0n) is 20.7. The Labute approximate surface area is 206 Å². The van der Waals surface area contributed by atoms with Gasteiger partial charge in [0, 0.05) is 69.5 Å². The minimum Gasteiger partial charge on any atom is -0.368 e. The van der Waals surface area contributed by atoms with Crippen molar-refractivity contribution in [1.29, 1.82) is 0 Å². The summed E-state index contributed by atoms with van der Waals surface area (Å²) in [6.45, 7) is 14.7. The lowest BCUT2D eigenvalue weighted by Gasteiger charge is -2.39. The van der Waals surface area contributed by atoms with Crippen molar-refractivity contribution in [2.75, 3.05) is 69.1 Å². The lowest BCUT2D eigenvalue weighted by atomic mass is 10.1. The fourth-order valence-electron chi connectivity index (χ4n) is 4.73. The number of rotatable bonds is 6. The molecule has 0 bridgehead atoms. The molecule has 2 aromatic rings. The smallest absolute Gasteiger partial charge is 0.273 e. The molecule has 4 rings (SSSR count). The summed E-state index contributed by atoms with van der Waals surface area (Å²) in [5, 5.41) is 5.84. The Morgan fingerprint density at radius 3 is 2.21 bits per heavy atom. The largest absolute Gasteiger partial charge is 0.368 e. The number of thiazole rings is 1. The number of anilines is 2. The molecule has 9 heteroatoms. The lowest BCUT2D eigenvalue weighted by Crippen LogP contribution is -2.54. The van der Waals surface area contributed by atoms with E-state index in [0.717, 1.165) is 31.3 Å². The molecule has 0 unspecified atom stereocenters. The molecule has 2 aliphatic rings. The molecule has 1 aromatic carbocycles. The van der Waals surface area contributed by atoms with Crippen LogP contribution in [0.2, 0.25) is 0 Å². The lowest BCUT2D eigenvalue weighted by molar-refractivity contribution is -0.133. The number of aromatic nitrogens is 1. The maximum atomic E-state index is 12.9. The number of aryl methyl sites for hydroxylation is 2. The third-order valence-corrected chi connectivity index (χ3v) is 7.32. The second-order valence-corrected chi connectivity index (χ2v) is 10.4. The van der Waals surface area contributed by atoms with Crippen LogP contribution in [-0.2, 0) is 4.79 Å². The Kier molecular flexibility index (Phi) is 7.73. The number of hydrogen-bond donors (Lipinski definition) is 1. The van der Waals surface area contributed by atoms with Crippen LogP contribution in [0.15, 0.2) is 23.6 Å². The summed E-state index contributed by atoms with van der Waals surface area (Å²) in [7, 11) is 0. The highest BCUT2D eigenvalue weighted by Gasteiger charge is 2.28. The predicted molar refractivity (Wildman–Crippen MR) is 138 cm³/mol. The number of piperazine rings is 2. The number of nitrogens with one attached hydrogen (secondary N) is 1. The van der Waals surface area contributed by atoms with Crippen molar-refractivity contribution in [1.82, 2.24) is 19.7 Å². The van der Waals surface area contributed by atoms with Gasteiger partial charge in [-0.2, -0.15) is 0 Å². The monoisotopic (exact) mass is 484 g/mol. The molecular formula is C25H36N6O2S. The first-order valence-corrected chi connectivity index (χ1v) is 13.0. The summed E-state index contributed by atoms with van der Waals surface area (Å²) < 4.78 is 0. The molecule has 8 nitrogen and oxygen atoms in total. The molecule has 0 radical (unpaired) electrons. The Hall–Kier alpha value is -2.65. The molecule has 184 valence electrons. The van der Waals surface area contributed by atoms with Gasteiger partial charge in [0.1, 0.15) is 5.69 Å². The van der Waals surface area contributed by atoms with Gasteiger partial charge < -0.3 is 20.0 Å². The van der Waals surface area contributed by atoms with Crippen molar-refractivity contribution in [2.24, 2.45) is 0 Å². The molecule has 2 saturated heterocycles. The standard InChI is InChI=1S/C25H36N6O2S/c1-18(2)26-25-27-21(17-34-25)24(33)31-10-8-28(9-11-31)16-22(32)29-12-14-30(15-13-29)23-19(3)6-5-7-20(23)4/h5-7,17-18H,8-16H2,1-4H3,(H,26,27). The van der Waals surface area contributed by atoms with E-state index in [4.69, 9.17) is 0 Å². The molecule has 1 N–H and O–H groups in total. The minimum absolute atomic E-state index is 0.0262. The highest BCUT2D eigenvalue weighted by molar-refractivity contribution is 7.13. The second-order valence-electron chi connectivity index (χ2n) is 9.51. The van der Waals surface area contributed by atoms with Crippen LogP contribution >= 0.6 is 11.3 Å². The first-order valence-electron chi connectivity index (χ1n) is 12.1. The molecule has 1 aromatic heterocycles. The van der Waals surface area contributed by atoms with Crippen LogP contribution in [0.25, 0.3) is 0 Å². The van der Waals surface area contributed by atoms with Gasteiger partial charge in [-0.3, -0.25) is 14.5 Å². The van der Waals surface area contributed by atoms with Crippen LogP contribution < -0.4 is 10.2 Å². The zero-order valence-corrected chi connectivity index (χ0v) is 21.5. The molecule has 2 aliphatic heterocycles. The summed E-state index contributed by atoms with van der Waals surface area (Å²) in [6.07, 6.45) is 0.